The molecule has 5 heteroatoms. The molecule has 2 aliphatic heterocycles. The Balaban J connectivity index is 1.75. The maximum absolute atomic E-state index is 11.7. The SMILES string of the molecule is COc1ccc2c3c1OC1C=CC(OC(C)=O)C4C(C2)N(C)CCC314. The number of likely N-dealkylation sites (tertiary alicyclic amines) is 1. The summed E-state index contributed by atoms with van der Waals surface area (Å²) < 4.78 is 17.7. The third-order valence-corrected chi connectivity index (χ3v) is 6.66. The number of benzene rings is 1. The second kappa shape index (κ2) is 5.01. The molecule has 1 aromatic rings. The van der Waals surface area contributed by atoms with Crippen LogP contribution in [0.1, 0.15) is 24.5 Å². The minimum atomic E-state index is -0.221. The van der Waals surface area contributed by atoms with Gasteiger partial charge in [-0.3, -0.25) is 4.79 Å². The molecule has 0 aromatic heterocycles. The Morgan fingerprint density at radius 2 is 2.20 bits per heavy atom. The molecular weight excluding hydrogens is 318 g/mol. The van der Waals surface area contributed by atoms with Gasteiger partial charge in [-0.25, -0.2) is 0 Å². The van der Waals surface area contributed by atoms with E-state index in [9.17, 15) is 4.79 Å². The molecule has 1 fully saturated rings. The van der Waals surface area contributed by atoms with E-state index < -0.39 is 0 Å². The van der Waals surface area contributed by atoms with Crippen molar-refractivity contribution in [1.29, 1.82) is 0 Å². The number of hydrogen-bond acceptors (Lipinski definition) is 5. The molecule has 2 aliphatic carbocycles. The molecule has 1 spiro atoms. The zero-order valence-electron chi connectivity index (χ0n) is 14.8. The quantitative estimate of drug-likeness (QED) is 0.609. The highest BCUT2D eigenvalue weighted by Crippen LogP contribution is 2.62. The summed E-state index contributed by atoms with van der Waals surface area (Å²) in [4.78, 5) is 14.1. The zero-order chi connectivity index (χ0) is 17.3. The van der Waals surface area contributed by atoms with E-state index in [2.05, 4.69) is 24.1 Å². The molecule has 5 rings (SSSR count). The van der Waals surface area contributed by atoms with Gasteiger partial charge < -0.3 is 19.1 Å². The van der Waals surface area contributed by atoms with E-state index in [0.717, 1.165) is 30.9 Å². The maximum Gasteiger partial charge on any atom is 0.303 e. The highest BCUT2D eigenvalue weighted by atomic mass is 16.5. The molecule has 4 aliphatic rings. The highest BCUT2D eigenvalue weighted by Gasteiger charge is 2.65. The number of nitrogens with zero attached hydrogens (tertiary/aromatic N) is 1. The van der Waals surface area contributed by atoms with Crippen LogP contribution in [-0.4, -0.2) is 49.8 Å². The fourth-order valence-corrected chi connectivity index (χ4v) is 5.74. The molecule has 0 N–H and O–H groups in total. The number of hydrogen-bond donors (Lipinski definition) is 0. The third kappa shape index (κ3) is 1.79. The smallest absolute Gasteiger partial charge is 0.303 e. The van der Waals surface area contributed by atoms with Crippen LogP contribution in [0.3, 0.4) is 0 Å². The Kier molecular flexibility index (Phi) is 3.06. The fourth-order valence-electron chi connectivity index (χ4n) is 5.74. The first-order chi connectivity index (χ1) is 12.1. The van der Waals surface area contributed by atoms with Gasteiger partial charge in [-0.2, -0.15) is 0 Å². The molecule has 2 heterocycles. The van der Waals surface area contributed by atoms with Gasteiger partial charge in [0.05, 0.1) is 7.11 Å². The van der Waals surface area contributed by atoms with E-state index in [-0.39, 0.29) is 29.5 Å². The van der Waals surface area contributed by atoms with Gasteiger partial charge in [-0.15, -0.1) is 0 Å². The van der Waals surface area contributed by atoms with Crippen LogP contribution in [0, 0.1) is 5.92 Å². The monoisotopic (exact) mass is 341 g/mol. The summed E-state index contributed by atoms with van der Waals surface area (Å²) in [5.74, 6) is 1.69. The molecule has 5 nitrogen and oxygen atoms in total. The van der Waals surface area contributed by atoms with Crippen LogP contribution >= 0.6 is 0 Å². The lowest BCUT2D eigenvalue weighted by Crippen LogP contribution is -2.66. The van der Waals surface area contributed by atoms with Gasteiger partial charge >= 0.3 is 5.97 Å². The van der Waals surface area contributed by atoms with E-state index in [1.54, 1.807) is 7.11 Å². The predicted octanol–water partition coefficient (Wildman–Crippen LogP) is 2.07. The van der Waals surface area contributed by atoms with Crippen molar-refractivity contribution in [2.24, 2.45) is 5.92 Å². The number of methoxy groups -OCH3 is 1. The number of carbonyl (C=O) groups excluding carboxylic acids is 1. The molecule has 2 bridgehead atoms. The van der Waals surface area contributed by atoms with Crippen molar-refractivity contribution in [3.63, 3.8) is 0 Å². The van der Waals surface area contributed by atoms with Crippen molar-refractivity contribution < 1.29 is 19.0 Å². The van der Waals surface area contributed by atoms with Crippen LogP contribution in [0.15, 0.2) is 24.3 Å². The van der Waals surface area contributed by atoms with Crippen LogP contribution in [0.4, 0.5) is 0 Å². The Labute approximate surface area is 147 Å². The second-order valence-electron chi connectivity index (χ2n) is 7.70. The molecule has 25 heavy (non-hydrogen) atoms. The standard InChI is InChI=1S/C20H23NO4/c1-11(22)24-14-6-7-16-20-8-9-21(2)13(18(14)20)10-12-4-5-15(23-3)19(25-16)17(12)20/h4-7,13-14,16,18H,8-10H2,1-3H3. The van der Waals surface area contributed by atoms with E-state index in [4.69, 9.17) is 14.2 Å². The summed E-state index contributed by atoms with van der Waals surface area (Å²) in [5, 5.41) is 0. The van der Waals surface area contributed by atoms with Crippen LogP contribution in [-0.2, 0) is 21.4 Å². The Morgan fingerprint density at radius 1 is 1.36 bits per heavy atom. The largest absolute Gasteiger partial charge is 0.493 e. The van der Waals surface area contributed by atoms with Gasteiger partial charge in [0.15, 0.2) is 11.5 Å². The molecule has 0 saturated carbocycles. The summed E-state index contributed by atoms with van der Waals surface area (Å²) in [6.45, 7) is 2.52. The van der Waals surface area contributed by atoms with E-state index in [0.29, 0.717) is 6.04 Å². The third-order valence-electron chi connectivity index (χ3n) is 6.66. The first-order valence-electron chi connectivity index (χ1n) is 8.99. The molecule has 1 aromatic carbocycles. The number of esters is 1. The number of likely N-dealkylation sites (N-methyl/N-ethyl adjacent to an activating group) is 1. The lowest BCUT2D eigenvalue weighted by Gasteiger charge is -2.57. The second-order valence-corrected chi connectivity index (χ2v) is 7.70. The van der Waals surface area contributed by atoms with Crippen LogP contribution in [0.25, 0.3) is 0 Å². The molecule has 5 unspecified atom stereocenters. The lowest BCUT2D eigenvalue weighted by molar-refractivity contribution is -0.153. The lowest BCUT2D eigenvalue weighted by atomic mass is 9.52. The van der Waals surface area contributed by atoms with Crippen LogP contribution in [0.5, 0.6) is 11.5 Å². The van der Waals surface area contributed by atoms with Gasteiger partial charge in [0.25, 0.3) is 0 Å². The van der Waals surface area contributed by atoms with Gasteiger partial charge in [-0.05, 0) is 50.2 Å². The molecular formula is C20H23NO4. The minimum Gasteiger partial charge on any atom is -0.493 e. The van der Waals surface area contributed by atoms with Crippen molar-refractivity contribution in [1.82, 2.24) is 4.90 Å². The topological polar surface area (TPSA) is 48.0 Å². The van der Waals surface area contributed by atoms with Crippen molar-refractivity contribution in [3.05, 3.63) is 35.4 Å². The van der Waals surface area contributed by atoms with Crippen molar-refractivity contribution in [2.45, 2.75) is 43.4 Å². The van der Waals surface area contributed by atoms with E-state index in [1.807, 2.05) is 12.1 Å². The van der Waals surface area contributed by atoms with Crippen molar-refractivity contribution in [3.8, 4) is 11.5 Å². The average Bonchev–Trinajstić information content (AvgIpc) is 2.92. The molecule has 0 amide bonds. The van der Waals surface area contributed by atoms with Gasteiger partial charge in [0, 0.05) is 29.9 Å². The Bertz CT molecular complexity index is 788. The average molecular weight is 341 g/mol. The number of piperidine rings is 1. The molecule has 132 valence electrons. The first-order valence-corrected chi connectivity index (χ1v) is 8.99. The van der Waals surface area contributed by atoms with Gasteiger partial charge in [-0.1, -0.05) is 6.07 Å². The van der Waals surface area contributed by atoms with Gasteiger partial charge in [0.2, 0.25) is 0 Å². The highest BCUT2D eigenvalue weighted by molar-refractivity contribution is 5.67. The normalized spacial score (nSPS) is 37.2. The molecule has 0 radical (unpaired) electrons. The summed E-state index contributed by atoms with van der Waals surface area (Å²) in [6.07, 6.45) is 5.88. The Morgan fingerprint density at radius 3 is 2.96 bits per heavy atom. The summed E-state index contributed by atoms with van der Waals surface area (Å²) in [6, 6.07) is 4.55. The van der Waals surface area contributed by atoms with Crippen LogP contribution < -0.4 is 9.47 Å². The first kappa shape index (κ1) is 15.3. The zero-order valence-corrected chi connectivity index (χ0v) is 14.8. The molecule has 1 saturated heterocycles. The van der Waals surface area contributed by atoms with Crippen LogP contribution in [0.2, 0.25) is 0 Å². The summed E-state index contributed by atoms with van der Waals surface area (Å²) >= 11 is 0. The van der Waals surface area contributed by atoms with Crippen molar-refractivity contribution >= 4 is 5.97 Å². The maximum atomic E-state index is 11.7. The van der Waals surface area contributed by atoms with Gasteiger partial charge in [0.1, 0.15) is 12.2 Å². The number of rotatable bonds is 2. The van der Waals surface area contributed by atoms with Crippen molar-refractivity contribution in [2.75, 3.05) is 20.7 Å². The molecule has 5 atom stereocenters. The Hall–Kier alpha value is -2.01. The minimum absolute atomic E-state index is 0.00846. The predicted molar refractivity (Wildman–Crippen MR) is 92.0 cm³/mol. The number of carbonyl (C=O) groups is 1. The number of ether oxygens (including phenoxy) is 3. The van der Waals surface area contributed by atoms with E-state index >= 15 is 0 Å². The summed E-state index contributed by atoms with van der Waals surface area (Å²) in [5.41, 5.74) is 2.53. The summed E-state index contributed by atoms with van der Waals surface area (Å²) in [7, 11) is 3.87. The fraction of sp³-hybridized carbons (Fsp3) is 0.550. The van der Waals surface area contributed by atoms with E-state index in [1.165, 1.54) is 18.1 Å².